The molecule has 1 N–H and O–H groups in total. The van der Waals surface area contributed by atoms with E-state index in [1.807, 2.05) is 0 Å². The number of fused-ring (bicyclic) bond motifs is 1. The molecular weight excluding hydrogens is 262 g/mol. The third-order valence-electron chi connectivity index (χ3n) is 4.13. The molecule has 0 spiro atoms. The molecule has 2 rings (SSSR count). The fourth-order valence-corrected chi connectivity index (χ4v) is 3.25. The summed E-state index contributed by atoms with van der Waals surface area (Å²) in [6, 6.07) is 6.64. The van der Waals surface area contributed by atoms with Crippen molar-refractivity contribution in [2.24, 2.45) is 5.41 Å². The molecule has 2 unspecified atom stereocenters. The summed E-state index contributed by atoms with van der Waals surface area (Å²) in [4.78, 5) is 0. The first-order valence-electron chi connectivity index (χ1n) is 7.99. The molecule has 0 aliphatic carbocycles. The maximum Gasteiger partial charge on any atom is 0.127 e. The number of benzene rings is 1. The molecule has 118 valence electrons. The average Bonchev–Trinajstić information content (AvgIpc) is 2.45. The van der Waals surface area contributed by atoms with Crippen LogP contribution in [-0.2, 0) is 11.2 Å². The molecular formula is C18H29NO2. The van der Waals surface area contributed by atoms with Gasteiger partial charge in [0.05, 0.1) is 18.8 Å². The lowest BCUT2D eigenvalue weighted by molar-refractivity contribution is -0.0123. The van der Waals surface area contributed by atoms with E-state index in [0.29, 0.717) is 0 Å². The van der Waals surface area contributed by atoms with Crippen LogP contribution in [0.2, 0.25) is 0 Å². The summed E-state index contributed by atoms with van der Waals surface area (Å²) in [5, 5.41) is 3.60. The molecule has 0 amide bonds. The van der Waals surface area contributed by atoms with Crippen molar-refractivity contribution < 1.29 is 9.47 Å². The first-order chi connectivity index (χ1) is 9.99. The predicted octanol–water partition coefficient (Wildman–Crippen LogP) is 3.72. The van der Waals surface area contributed by atoms with Gasteiger partial charge in [-0.2, -0.15) is 0 Å². The number of aryl methyl sites for hydroxylation is 1. The lowest BCUT2D eigenvalue weighted by atomic mass is 9.81. The normalized spacial score (nSPS) is 17.8. The Balaban J connectivity index is 2.43. The molecule has 0 saturated carbocycles. The van der Waals surface area contributed by atoms with E-state index in [1.54, 1.807) is 7.11 Å². The topological polar surface area (TPSA) is 30.5 Å². The number of nitrogens with one attached hydrogen (secondary N) is 1. The molecule has 0 fully saturated rings. The van der Waals surface area contributed by atoms with Gasteiger partial charge in [0.15, 0.2) is 0 Å². The zero-order valence-corrected chi connectivity index (χ0v) is 14.0. The van der Waals surface area contributed by atoms with Gasteiger partial charge in [-0.1, -0.05) is 45.9 Å². The average molecular weight is 291 g/mol. The van der Waals surface area contributed by atoms with E-state index < -0.39 is 0 Å². The zero-order chi connectivity index (χ0) is 15.5. The summed E-state index contributed by atoms with van der Waals surface area (Å²) in [7, 11) is 1.80. The molecule has 3 heteroatoms. The fraction of sp³-hybridized carbons (Fsp3) is 0.667. The summed E-state index contributed by atoms with van der Waals surface area (Å²) in [5.74, 6) is 1.07. The summed E-state index contributed by atoms with van der Waals surface area (Å²) in [5.41, 5.74) is 2.61. The standard InChI is InChI=1S/C18H29NO2/c1-6-19-15(17(20-5)18(2,3)4)14-11-7-9-13-10-8-12-21-16(13)14/h7,9,11,15,17,19H,6,8,10,12H2,1-5H3. The minimum absolute atomic E-state index is 0.0545. The second kappa shape index (κ2) is 6.80. The van der Waals surface area contributed by atoms with Crippen LogP contribution in [0.5, 0.6) is 5.75 Å². The van der Waals surface area contributed by atoms with Crippen LogP contribution < -0.4 is 10.1 Å². The van der Waals surface area contributed by atoms with E-state index in [4.69, 9.17) is 9.47 Å². The number of rotatable bonds is 5. The quantitative estimate of drug-likeness (QED) is 0.897. The summed E-state index contributed by atoms with van der Waals surface area (Å²) >= 11 is 0. The highest BCUT2D eigenvalue weighted by atomic mass is 16.5. The highest BCUT2D eigenvalue weighted by Gasteiger charge is 2.35. The van der Waals surface area contributed by atoms with Crippen molar-refractivity contribution in [3.8, 4) is 5.75 Å². The Kier molecular flexibility index (Phi) is 5.28. The van der Waals surface area contributed by atoms with Crippen LogP contribution in [0.4, 0.5) is 0 Å². The predicted molar refractivity (Wildman–Crippen MR) is 86.9 cm³/mol. The van der Waals surface area contributed by atoms with Crippen molar-refractivity contribution in [2.75, 3.05) is 20.3 Å². The van der Waals surface area contributed by atoms with Crippen LogP contribution in [0.25, 0.3) is 0 Å². The van der Waals surface area contributed by atoms with E-state index in [0.717, 1.165) is 31.7 Å². The molecule has 0 radical (unpaired) electrons. The van der Waals surface area contributed by atoms with Crippen LogP contribution in [0.1, 0.15) is 51.3 Å². The van der Waals surface area contributed by atoms with Gasteiger partial charge in [-0.15, -0.1) is 0 Å². The summed E-state index contributed by atoms with van der Waals surface area (Å²) in [6.45, 7) is 10.5. The molecule has 1 heterocycles. The number of methoxy groups -OCH3 is 1. The lowest BCUT2D eigenvalue weighted by Gasteiger charge is -2.38. The van der Waals surface area contributed by atoms with E-state index in [-0.39, 0.29) is 17.6 Å². The second-order valence-corrected chi connectivity index (χ2v) is 6.85. The van der Waals surface area contributed by atoms with E-state index in [1.165, 1.54) is 11.1 Å². The van der Waals surface area contributed by atoms with Crippen molar-refractivity contribution in [1.82, 2.24) is 5.32 Å². The Bertz CT molecular complexity index is 465. The summed E-state index contributed by atoms with van der Waals surface area (Å²) < 4.78 is 11.9. The van der Waals surface area contributed by atoms with Crippen molar-refractivity contribution in [3.63, 3.8) is 0 Å². The monoisotopic (exact) mass is 291 g/mol. The van der Waals surface area contributed by atoms with Gasteiger partial charge < -0.3 is 14.8 Å². The molecule has 0 bridgehead atoms. The van der Waals surface area contributed by atoms with E-state index >= 15 is 0 Å². The van der Waals surface area contributed by atoms with Gasteiger partial charge in [-0.05, 0) is 30.4 Å². The molecule has 1 aromatic rings. The van der Waals surface area contributed by atoms with Crippen molar-refractivity contribution in [2.45, 2.75) is 52.7 Å². The third kappa shape index (κ3) is 3.58. The van der Waals surface area contributed by atoms with Gasteiger partial charge >= 0.3 is 0 Å². The molecule has 0 saturated heterocycles. The van der Waals surface area contributed by atoms with Crippen LogP contribution in [0.15, 0.2) is 18.2 Å². The Morgan fingerprint density at radius 3 is 2.71 bits per heavy atom. The number of likely N-dealkylation sites (N-methyl/N-ethyl adjacent to an activating group) is 1. The molecule has 2 atom stereocenters. The maximum atomic E-state index is 5.99. The zero-order valence-electron chi connectivity index (χ0n) is 14.0. The fourth-order valence-electron chi connectivity index (χ4n) is 3.25. The van der Waals surface area contributed by atoms with Gasteiger partial charge in [0, 0.05) is 12.7 Å². The molecule has 1 aromatic carbocycles. The van der Waals surface area contributed by atoms with Crippen LogP contribution in [-0.4, -0.2) is 26.4 Å². The maximum absolute atomic E-state index is 5.99. The third-order valence-corrected chi connectivity index (χ3v) is 4.13. The molecule has 1 aliphatic heterocycles. The lowest BCUT2D eigenvalue weighted by Crippen LogP contribution is -2.41. The SMILES string of the molecule is CCNC(c1cccc2c1OCCC2)C(OC)C(C)(C)C. The Hall–Kier alpha value is -1.06. The van der Waals surface area contributed by atoms with Crippen LogP contribution in [0.3, 0.4) is 0 Å². The largest absolute Gasteiger partial charge is 0.493 e. The van der Waals surface area contributed by atoms with Gasteiger partial charge in [-0.25, -0.2) is 0 Å². The first kappa shape index (κ1) is 16.3. The molecule has 3 nitrogen and oxygen atoms in total. The van der Waals surface area contributed by atoms with Crippen molar-refractivity contribution >= 4 is 0 Å². The van der Waals surface area contributed by atoms with Gasteiger partial charge in [0.1, 0.15) is 5.75 Å². The van der Waals surface area contributed by atoms with Gasteiger partial charge in [0.25, 0.3) is 0 Å². The summed E-state index contributed by atoms with van der Waals surface area (Å²) in [6.07, 6.45) is 2.30. The second-order valence-electron chi connectivity index (χ2n) is 6.85. The Morgan fingerprint density at radius 1 is 1.33 bits per heavy atom. The molecule has 1 aliphatic rings. The number of ether oxygens (including phenoxy) is 2. The first-order valence-corrected chi connectivity index (χ1v) is 7.99. The van der Waals surface area contributed by atoms with Gasteiger partial charge in [-0.3, -0.25) is 0 Å². The smallest absolute Gasteiger partial charge is 0.127 e. The number of hydrogen-bond acceptors (Lipinski definition) is 3. The highest BCUT2D eigenvalue weighted by Crippen LogP contribution is 2.39. The van der Waals surface area contributed by atoms with Gasteiger partial charge in [0.2, 0.25) is 0 Å². The van der Waals surface area contributed by atoms with Crippen molar-refractivity contribution in [3.05, 3.63) is 29.3 Å². The minimum atomic E-state index is 0.0545. The van der Waals surface area contributed by atoms with Crippen molar-refractivity contribution in [1.29, 1.82) is 0 Å². The number of hydrogen-bond donors (Lipinski definition) is 1. The molecule has 21 heavy (non-hydrogen) atoms. The molecule has 0 aromatic heterocycles. The Labute approximate surface area is 129 Å². The minimum Gasteiger partial charge on any atom is -0.493 e. The van der Waals surface area contributed by atoms with E-state index in [9.17, 15) is 0 Å². The van der Waals surface area contributed by atoms with Crippen LogP contribution in [0, 0.1) is 5.41 Å². The highest BCUT2D eigenvalue weighted by molar-refractivity contribution is 5.45. The number of para-hydroxylation sites is 1. The van der Waals surface area contributed by atoms with Crippen LogP contribution >= 0.6 is 0 Å². The van der Waals surface area contributed by atoms with E-state index in [2.05, 4.69) is 51.2 Å². The Morgan fingerprint density at radius 2 is 2.10 bits per heavy atom.